The third-order valence-corrected chi connectivity index (χ3v) is 3.83. The summed E-state index contributed by atoms with van der Waals surface area (Å²) < 4.78 is 138. The van der Waals surface area contributed by atoms with Gasteiger partial charge in [-0.05, 0) is 12.1 Å². The molecule has 0 aliphatic carbocycles. The maximum Gasteiger partial charge on any atom is 0.200 e. The van der Waals surface area contributed by atoms with Crippen LogP contribution in [0.3, 0.4) is 0 Å². The number of hydrogen-bond donors (Lipinski definition) is 0. The average molecular weight is 425 g/mol. The van der Waals surface area contributed by atoms with E-state index in [2.05, 4.69) is 0 Å². The molecule has 0 amide bonds. The molecule has 11 heteroatoms. The summed E-state index contributed by atoms with van der Waals surface area (Å²) in [4.78, 5) is -0.285. The number of para-hydroxylation sites is 1. The highest BCUT2D eigenvalue weighted by atomic mass is 19.2. The lowest BCUT2D eigenvalue weighted by Crippen LogP contribution is -2.21. The third kappa shape index (κ3) is 3.06. The second kappa shape index (κ2) is 7.30. The van der Waals surface area contributed by atoms with Gasteiger partial charge < -0.3 is 0 Å². The van der Waals surface area contributed by atoms with Gasteiger partial charge in [0.1, 0.15) is 11.4 Å². The van der Waals surface area contributed by atoms with Gasteiger partial charge >= 0.3 is 0 Å². The summed E-state index contributed by atoms with van der Waals surface area (Å²) in [6, 6.07) is 5.33. The quantitative estimate of drug-likeness (QED) is 0.262. The smallest absolute Gasteiger partial charge is 0.200 e. The van der Waals surface area contributed by atoms with Crippen molar-refractivity contribution in [3.05, 3.63) is 88.5 Å². The van der Waals surface area contributed by atoms with Gasteiger partial charge in [0.2, 0.25) is 11.6 Å². The molecule has 0 unspecified atom stereocenters. The first-order chi connectivity index (χ1) is 13.6. The van der Waals surface area contributed by atoms with Gasteiger partial charge in [0, 0.05) is 5.69 Å². The molecule has 0 atom stereocenters. The van der Waals surface area contributed by atoms with Crippen LogP contribution in [0.4, 0.5) is 61.0 Å². The highest BCUT2D eigenvalue weighted by Gasteiger charge is 2.36. The molecule has 0 aromatic heterocycles. The summed E-state index contributed by atoms with van der Waals surface area (Å²) >= 11 is 0. The Balaban J connectivity index is 2.50. The lowest BCUT2D eigenvalue weighted by molar-refractivity contribution is 0.375. The summed E-state index contributed by atoms with van der Waals surface area (Å²) in [6.45, 7) is 0. The largest absolute Gasteiger partial charge is 0.300 e. The second-order valence-electron chi connectivity index (χ2n) is 5.51. The molecular weight excluding hydrogens is 420 g/mol. The summed E-state index contributed by atoms with van der Waals surface area (Å²) in [5.41, 5.74) is -4.52. The number of nitrogens with zero attached hydrogens (tertiary/aromatic N) is 1. The Morgan fingerprint density at radius 1 is 0.379 bits per heavy atom. The lowest BCUT2D eigenvalue weighted by Gasteiger charge is -2.27. The van der Waals surface area contributed by atoms with Gasteiger partial charge in [-0.15, -0.1) is 0 Å². The van der Waals surface area contributed by atoms with Crippen molar-refractivity contribution in [3.63, 3.8) is 0 Å². The summed E-state index contributed by atoms with van der Waals surface area (Å²) in [6.07, 6.45) is 0. The molecule has 152 valence electrons. The van der Waals surface area contributed by atoms with E-state index in [9.17, 15) is 43.9 Å². The van der Waals surface area contributed by atoms with Gasteiger partial charge in [0.25, 0.3) is 0 Å². The molecule has 0 heterocycles. The van der Waals surface area contributed by atoms with Crippen LogP contribution in [0.1, 0.15) is 0 Å². The van der Waals surface area contributed by atoms with E-state index in [1.54, 1.807) is 0 Å². The average Bonchev–Trinajstić information content (AvgIpc) is 2.73. The fraction of sp³-hybridized carbons (Fsp3) is 0. The van der Waals surface area contributed by atoms with Crippen LogP contribution in [0.15, 0.2) is 30.3 Å². The highest BCUT2D eigenvalue weighted by Crippen LogP contribution is 2.43. The number of hydrogen-bond acceptors (Lipinski definition) is 1. The summed E-state index contributed by atoms with van der Waals surface area (Å²) in [5.74, 6) is -25.3. The third-order valence-electron chi connectivity index (χ3n) is 3.83. The zero-order valence-electron chi connectivity index (χ0n) is 13.6. The minimum Gasteiger partial charge on any atom is -0.300 e. The van der Waals surface area contributed by atoms with Crippen LogP contribution in [0.2, 0.25) is 0 Å². The van der Waals surface area contributed by atoms with Crippen molar-refractivity contribution in [3.8, 4) is 0 Å². The predicted octanol–water partition coefficient (Wildman–Crippen LogP) is 6.55. The van der Waals surface area contributed by atoms with Crippen LogP contribution >= 0.6 is 0 Å². The van der Waals surface area contributed by atoms with Crippen molar-refractivity contribution in [2.45, 2.75) is 0 Å². The van der Waals surface area contributed by atoms with Gasteiger partial charge in [-0.3, -0.25) is 4.90 Å². The maximum atomic E-state index is 14.3. The minimum atomic E-state index is -2.57. The molecule has 0 saturated heterocycles. The van der Waals surface area contributed by atoms with Crippen LogP contribution in [0.25, 0.3) is 0 Å². The molecule has 0 fully saturated rings. The van der Waals surface area contributed by atoms with Gasteiger partial charge in [0.15, 0.2) is 46.5 Å². The molecule has 0 saturated carbocycles. The van der Waals surface area contributed by atoms with E-state index >= 15 is 0 Å². The molecule has 0 spiro atoms. The molecule has 3 aromatic carbocycles. The van der Waals surface area contributed by atoms with Crippen LogP contribution in [0.5, 0.6) is 0 Å². The van der Waals surface area contributed by atoms with Crippen molar-refractivity contribution in [1.82, 2.24) is 0 Å². The predicted molar refractivity (Wildman–Crippen MR) is 80.7 cm³/mol. The van der Waals surface area contributed by atoms with Crippen LogP contribution in [-0.2, 0) is 0 Å². The van der Waals surface area contributed by atoms with Crippen LogP contribution in [0, 0.1) is 58.2 Å². The molecule has 0 bridgehead atoms. The topological polar surface area (TPSA) is 3.24 Å². The summed E-state index contributed by atoms with van der Waals surface area (Å²) in [5, 5.41) is 0. The SMILES string of the molecule is Fc1c(F)c(F)c(N(c2ccccc2)c2c(F)c(F)c(F)c(F)c2F)c(F)c1F. The standard InChI is InChI=1S/C18H5F10N/c19-7-9(21)13(25)17(14(26)10(7)22)29(6-4-2-1-3-5-6)18-15(27)11(23)8(20)12(24)16(18)28/h1-5H. The van der Waals surface area contributed by atoms with Gasteiger partial charge in [0.05, 0.1) is 0 Å². The normalized spacial score (nSPS) is 11.1. The lowest BCUT2D eigenvalue weighted by atomic mass is 10.1. The first-order valence-corrected chi connectivity index (χ1v) is 7.47. The molecule has 3 aromatic rings. The first-order valence-electron chi connectivity index (χ1n) is 7.47. The number of halogens is 10. The molecule has 0 radical (unpaired) electrons. The zero-order valence-corrected chi connectivity index (χ0v) is 13.6. The molecule has 0 N–H and O–H groups in total. The Bertz CT molecular complexity index is 986. The molecule has 29 heavy (non-hydrogen) atoms. The molecule has 3 rings (SSSR count). The Labute approximate surface area is 155 Å². The van der Waals surface area contributed by atoms with Gasteiger partial charge in [-0.25, -0.2) is 43.9 Å². The van der Waals surface area contributed by atoms with E-state index in [-0.39, 0.29) is 4.90 Å². The Morgan fingerprint density at radius 2 is 0.655 bits per heavy atom. The first kappa shape index (κ1) is 20.5. The number of anilines is 3. The molecular formula is C18H5F10N. The van der Waals surface area contributed by atoms with Crippen molar-refractivity contribution < 1.29 is 43.9 Å². The van der Waals surface area contributed by atoms with E-state index in [1.807, 2.05) is 0 Å². The van der Waals surface area contributed by atoms with E-state index < -0.39 is 75.2 Å². The van der Waals surface area contributed by atoms with Crippen LogP contribution in [-0.4, -0.2) is 0 Å². The fourth-order valence-corrected chi connectivity index (χ4v) is 2.53. The maximum absolute atomic E-state index is 14.3. The monoisotopic (exact) mass is 425 g/mol. The number of rotatable bonds is 3. The molecule has 1 nitrogen and oxygen atoms in total. The zero-order chi connectivity index (χ0) is 21.6. The Morgan fingerprint density at radius 3 is 0.966 bits per heavy atom. The van der Waals surface area contributed by atoms with E-state index in [4.69, 9.17) is 0 Å². The van der Waals surface area contributed by atoms with Crippen LogP contribution < -0.4 is 4.90 Å². The van der Waals surface area contributed by atoms with E-state index in [1.165, 1.54) is 6.07 Å². The fourth-order valence-electron chi connectivity index (χ4n) is 2.53. The summed E-state index contributed by atoms with van der Waals surface area (Å²) in [7, 11) is 0. The van der Waals surface area contributed by atoms with E-state index in [0.29, 0.717) is 0 Å². The van der Waals surface area contributed by atoms with E-state index in [0.717, 1.165) is 24.3 Å². The van der Waals surface area contributed by atoms with Crippen molar-refractivity contribution in [2.24, 2.45) is 0 Å². The molecule has 0 aliphatic rings. The van der Waals surface area contributed by atoms with Crippen molar-refractivity contribution in [2.75, 3.05) is 4.90 Å². The Hall–Kier alpha value is -3.24. The second-order valence-corrected chi connectivity index (χ2v) is 5.51. The highest BCUT2D eigenvalue weighted by molar-refractivity contribution is 5.78. The van der Waals surface area contributed by atoms with Gasteiger partial charge in [-0.2, -0.15) is 0 Å². The van der Waals surface area contributed by atoms with Crippen molar-refractivity contribution in [1.29, 1.82) is 0 Å². The Kier molecular flexibility index (Phi) is 5.16. The minimum absolute atomic E-state index is 0.285. The number of benzene rings is 3. The molecule has 0 aliphatic heterocycles. The van der Waals surface area contributed by atoms with Crippen molar-refractivity contribution >= 4 is 17.1 Å². The van der Waals surface area contributed by atoms with Gasteiger partial charge in [-0.1, -0.05) is 18.2 Å².